The standard InChI is InChI=1S/C14H12F2N2O2/c15-10-4-3-8-12(11(10)16)17-7-9(13(8)19)14(20)18-5-1-2-6-18/h3-4,7H,1-2,5-6H2,(H,17,19). The summed E-state index contributed by atoms with van der Waals surface area (Å²) in [5.41, 5.74) is -0.826. The lowest BCUT2D eigenvalue weighted by Crippen LogP contribution is -2.32. The highest BCUT2D eigenvalue weighted by atomic mass is 19.2. The van der Waals surface area contributed by atoms with Gasteiger partial charge in [0.2, 0.25) is 5.43 Å². The maximum Gasteiger partial charge on any atom is 0.259 e. The number of amides is 1. The number of hydrogen-bond acceptors (Lipinski definition) is 2. The quantitative estimate of drug-likeness (QED) is 0.868. The lowest BCUT2D eigenvalue weighted by atomic mass is 10.1. The number of aromatic nitrogens is 1. The highest BCUT2D eigenvalue weighted by Crippen LogP contribution is 2.17. The summed E-state index contributed by atoms with van der Waals surface area (Å²) in [4.78, 5) is 28.5. The first kappa shape index (κ1) is 12.8. The average Bonchev–Trinajstić information content (AvgIpc) is 2.97. The van der Waals surface area contributed by atoms with Gasteiger partial charge in [-0.2, -0.15) is 0 Å². The first-order valence-corrected chi connectivity index (χ1v) is 6.38. The molecule has 1 amide bonds. The van der Waals surface area contributed by atoms with Crippen LogP contribution in [0.3, 0.4) is 0 Å². The molecular formula is C14H12F2N2O2. The first-order chi connectivity index (χ1) is 9.59. The molecule has 0 radical (unpaired) electrons. The molecule has 1 aromatic carbocycles. The molecule has 1 aliphatic rings. The summed E-state index contributed by atoms with van der Waals surface area (Å²) >= 11 is 0. The third-order valence-corrected chi connectivity index (χ3v) is 3.57. The van der Waals surface area contributed by atoms with Crippen molar-refractivity contribution in [3.63, 3.8) is 0 Å². The van der Waals surface area contributed by atoms with Crippen molar-refractivity contribution in [3.8, 4) is 0 Å². The van der Waals surface area contributed by atoms with E-state index in [4.69, 9.17) is 0 Å². The average molecular weight is 278 g/mol. The minimum atomic E-state index is -1.11. The van der Waals surface area contributed by atoms with Crippen LogP contribution in [-0.2, 0) is 0 Å². The van der Waals surface area contributed by atoms with E-state index in [0.29, 0.717) is 13.1 Å². The van der Waals surface area contributed by atoms with Crippen LogP contribution in [0.5, 0.6) is 0 Å². The van der Waals surface area contributed by atoms with Gasteiger partial charge in [-0.1, -0.05) is 0 Å². The molecule has 0 aliphatic carbocycles. The van der Waals surface area contributed by atoms with Gasteiger partial charge >= 0.3 is 0 Å². The lowest BCUT2D eigenvalue weighted by Gasteiger charge is -2.14. The molecule has 1 saturated heterocycles. The highest BCUT2D eigenvalue weighted by Gasteiger charge is 2.23. The molecule has 1 fully saturated rings. The summed E-state index contributed by atoms with van der Waals surface area (Å²) < 4.78 is 26.7. The van der Waals surface area contributed by atoms with Crippen molar-refractivity contribution in [3.05, 3.63) is 45.8 Å². The van der Waals surface area contributed by atoms with E-state index in [1.165, 1.54) is 6.07 Å². The Morgan fingerprint density at radius 3 is 2.60 bits per heavy atom. The number of pyridine rings is 1. The Labute approximate surface area is 113 Å². The zero-order valence-electron chi connectivity index (χ0n) is 10.6. The van der Waals surface area contributed by atoms with E-state index in [1.807, 2.05) is 0 Å². The van der Waals surface area contributed by atoms with Crippen LogP contribution < -0.4 is 5.43 Å². The molecule has 3 rings (SSSR count). The molecule has 6 heteroatoms. The number of fused-ring (bicyclic) bond motifs is 1. The number of nitrogens with one attached hydrogen (secondary N) is 1. The van der Waals surface area contributed by atoms with E-state index in [-0.39, 0.29) is 22.4 Å². The van der Waals surface area contributed by atoms with Gasteiger partial charge in [0, 0.05) is 24.7 Å². The van der Waals surface area contributed by atoms with E-state index >= 15 is 0 Å². The molecule has 20 heavy (non-hydrogen) atoms. The molecule has 0 bridgehead atoms. The monoisotopic (exact) mass is 278 g/mol. The van der Waals surface area contributed by atoms with Crippen molar-refractivity contribution in [2.75, 3.05) is 13.1 Å². The van der Waals surface area contributed by atoms with Gasteiger partial charge < -0.3 is 9.88 Å². The summed E-state index contributed by atoms with van der Waals surface area (Å²) in [6, 6.07) is 2.07. The number of H-pyrrole nitrogens is 1. The number of halogens is 2. The Morgan fingerprint density at radius 1 is 1.20 bits per heavy atom. The van der Waals surface area contributed by atoms with Crippen LogP contribution in [-0.4, -0.2) is 28.9 Å². The fourth-order valence-electron chi connectivity index (χ4n) is 2.49. The smallest absolute Gasteiger partial charge is 0.259 e. The van der Waals surface area contributed by atoms with Crippen molar-refractivity contribution < 1.29 is 13.6 Å². The van der Waals surface area contributed by atoms with E-state index < -0.39 is 17.1 Å². The predicted octanol–water partition coefficient (Wildman–Crippen LogP) is 2.04. The molecular weight excluding hydrogens is 266 g/mol. The zero-order valence-corrected chi connectivity index (χ0v) is 10.6. The van der Waals surface area contributed by atoms with E-state index in [9.17, 15) is 18.4 Å². The van der Waals surface area contributed by atoms with Crippen LogP contribution in [0.2, 0.25) is 0 Å². The van der Waals surface area contributed by atoms with Crippen LogP contribution >= 0.6 is 0 Å². The molecule has 1 aromatic heterocycles. The third kappa shape index (κ3) is 1.88. The van der Waals surface area contributed by atoms with Gasteiger partial charge in [0.25, 0.3) is 5.91 Å². The Balaban J connectivity index is 2.14. The van der Waals surface area contributed by atoms with Crippen molar-refractivity contribution in [2.45, 2.75) is 12.8 Å². The Bertz CT molecular complexity index is 749. The summed E-state index contributed by atoms with van der Waals surface area (Å²) in [7, 11) is 0. The van der Waals surface area contributed by atoms with Crippen molar-refractivity contribution in [1.29, 1.82) is 0 Å². The van der Waals surface area contributed by atoms with Gasteiger partial charge in [0.05, 0.1) is 5.52 Å². The lowest BCUT2D eigenvalue weighted by molar-refractivity contribution is 0.0791. The number of benzene rings is 1. The van der Waals surface area contributed by atoms with Crippen LogP contribution in [0.25, 0.3) is 10.9 Å². The number of likely N-dealkylation sites (tertiary alicyclic amines) is 1. The zero-order chi connectivity index (χ0) is 14.3. The summed E-state index contributed by atoms with van der Waals surface area (Å²) in [5, 5.41) is -0.0195. The van der Waals surface area contributed by atoms with Gasteiger partial charge in [-0.25, -0.2) is 8.78 Å². The maximum atomic E-state index is 13.6. The number of nitrogens with zero attached hydrogens (tertiary/aromatic N) is 1. The van der Waals surface area contributed by atoms with Gasteiger partial charge in [-0.3, -0.25) is 9.59 Å². The maximum absolute atomic E-state index is 13.6. The third-order valence-electron chi connectivity index (χ3n) is 3.57. The molecule has 0 atom stereocenters. The number of carbonyl (C=O) groups is 1. The normalized spacial score (nSPS) is 15.0. The van der Waals surface area contributed by atoms with Crippen LogP contribution in [0, 0.1) is 11.6 Å². The molecule has 0 saturated carbocycles. The van der Waals surface area contributed by atoms with Gasteiger partial charge in [0.1, 0.15) is 5.56 Å². The fraction of sp³-hybridized carbons (Fsp3) is 0.286. The largest absolute Gasteiger partial charge is 0.358 e. The summed E-state index contributed by atoms with van der Waals surface area (Å²) in [5.74, 6) is -2.51. The summed E-state index contributed by atoms with van der Waals surface area (Å²) in [6.45, 7) is 1.24. The SMILES string of the molecule is O=C(c1c[nH]c2c(F)c(F)ccc2c1=O)N1CCCC1. The topological polar surface area (TPSA) is 53.2 Å². The molecule has 0 unspecified atom stereocenters. The van der Waals surface area contributed by atoms with Crippen molar-refractivity contribution in [2.24, 2.45) is 0 Å². The number of hydrogen-bond donors (Lipinski definition) is 1. The molecule has 1 N–H and O–H groups in total. The van der Waals surface area contributed by atoms with Crippen molar-refractivity contribution in [1.82, 2.24) is 9.88 Å². The first-order valence-electron chi connectivity index (χ1n) is 6.38. The Hall–Kier alpha value is -2.24. The van der Waals surface area contributed by atoms with E-state index in [2.05, 4.69) is 4.98 Å². The highest BCUT2D eigenvalue weighted by molar-refractivity contribution is 5.97. The van der Waals surface area contributed by atoms with Crippen LogP contribution in [0.1, 0.15) is 23.2 Å². The number of aromatic amines is 1. The van der Waals surface area contributed by atoms with Crippen LogP contribution in [0.4, 0.5) is 8.78 Å². The fourth-order valence-corrected chi connectivity index (χ4v) is 2.49. The van der Waals surface area contributed by atoms with E-state index in [1.54, 1.807) is 4.90 Å². The Morgan fingerprint density at radius 2 is 1.90 bits per heavy atom. The predicted molar refractivity (Wildman–Crippen MR) is 69.6 cm³/mol. The minimum absolute atomic E-state index is 0.0195. The van der Waals surface area contributed by atoms with Gasteiger partial charge in [-0.05, 0) is 25.0 Å². The molecule has 0 spiro atoms. The number of carbonyl (C=O) groups excluding carboxylic acids is 1. The second-order valence-corrected chi connectivity index (χ2v) is 4.81. The molecule has 1 aliphatic heterocycles. The Kier molecular flexibility index (Phi) is 3.00. The molecule has 104 valence electrons. The van der Waals surface area contributed by atoms with E-state index in [0.717, 1.165) is 25.1 Å². The second-order valence-electron chi connectivity index (χ2n) is 4.81. The molecule has 2 heterocycles. The van der Waals surface area contributed by atoms with Crippen LogP contribution in [0.15, 0.2) is 23.1 Å². The summed E-state index contributed by atoms with van der Waals surface area (Å²) in [6.07, 6.45) is 2.99. The second kappa shape index (κ2) is 4.70. The molecule has 2 aromatic rings. The van der Waals surface area contributed by atoms with Gasteiger partial charge in [0.15, 0.2) is 11.6 Å². The number of rotatable bonds is 1. The van der Waals surface area contributed by atoms with Crippen molar-refractivity contribution >= 4 is 16.8 Å². The molecule has 4 nitrogen and oxygen atoms in total. The van der Waals surface area contributed by atoms with Gasteiger partial charge in [-0.15, -0.1) is 0 Å². The minimum Gasteiger partial charge on any atom is -0.358 e.